The number of hydrogen-bond acceptors (Lipinski definition) is 5. The number of hydrogen-bond donors (Lipinski definition) is 0. The lowest BCUT2D eigenvalue weighted by molar-refractivity contribution is -0.186. The van der Waals surface area contributed by atoms with Crippen molar-refractivity contribution in [2.75, 3.05) is 6.61 Å². The van der Waals surface area contributed by atoms with Crippen LogP contribution in [-0.4, -0.2) is 35.9 Å². The molecule has 3 aliphatic rings. The Balaban J connectivity index is 1.85. The van der Waals surface area contributed by atoms with Gasteiger partial charge in [-0.1, -0.05) is 6.07 Å². The molecule has 4 rings (SSSR count). The van der Waals surface area contributed by atoms with Crippen molar-refractivity contribution in [3.8, 4) is 0 Å². The van der Waals surface area contributed by atoms with Gasteiger partial charge in [0.25, 0.3) is 0 Å². The number of esters is 2. The number of benzene rings is 1. The zero-order chi connectivity index (χ0) is 18.9. The normalized spacial score (nSPS) is 36.7. The Kier molecular flexibility index (Phi) is 3.80. The van der Waals surface area contributed by atoms with E-state index in [2.05, 4.69) is 15.9 Å². The lowest BCUT2D eigenvalue weighted by Crippen LogP contribution is -2.57. The van der Waals surface area contributed by atoms with E-state index in [-0.39, 0.29) is 11.1 Å². The van der Waals surface area contributed by atoms with Crippen LogP contribution in [0.3, 0.4) is 0 Å². The maximum Gasteiger partial charge on any atom is 0.341 e. The number of halogens is 2. The van der Waals surface area contributed by atoms with Gasteiger partial charge in [-0.05, 0) is 67.2 Å². The van der Waals surface area contributed by atoms with E-state index >= 15 is 0 Å². The third-order valence-electron chi connectivity index (χ3n) is 5.84. The summed E-state index contributed by atoms with van der Waals surface area (Å²) >= 11 is 3.19. The first-order chi connectivity index (χ1) is 12.2. The van der Waals surface area contributed by atoms with Crippen molar-refractivity contribution in [2.45, 2.75) is 56.3 Å². The SMILES string of the molecule is CCOC(=O)C12OC1CC1(c3ccc(F)c(Br)c3)C(=O)OC(C)(C)CC12. The third-order valence-corrected chi connectivity index (χ3v) is 6.44. The minimum atomic E-state index is -1.12. The Morgan fingerprint density at radius 2 is 2.12 bits per heavy atom. The first kappa shape index (κ1) is 17.9. The third kappa shape index (κ3) is 2.22. The molecule has 140 valence electrons. The summed E-state index contributed by atoms with van der Waals surface area (Å²) in [6, 6.07) is 4.52. The molecule has 1 aromatic carbocycles. The van der Waals surface area contributed by atoms with Crippen LogP contribution in [0.1, 0.15) is 39.2 Å². The Labute approximate surface area is 159 Å². The minimum Gasteiger partial charge on any atom is -0.464 e. The van der Waals surface area contributed by atoms with Gasteiger partial charge in [0.2, 0.25) is 0 Å². The molecule has 5 nitrogen and oxygen atoms in total. The molecule has 0 aromatic heterocycles. The average Bonchev–Trinajstić information content (AvgIpc) is 3.20. The molecule has 0 N–H and O–H groups in total. The Bertz CT molecular complexity index is 809. The molecule has 4 atom stereocenters. The van der Waals surface area contributed by atoms with Crippen LogP contribution in [0.2, 0.25) is 0 Å². The topological polar surface area (TPSA) is 65.1 Å². The summed E-state index contributed by atoms with van der Waals surface area (Å²) < 4.78 is 30.8. The van der Waals surface area contributed by atoms with Gasteiger partial charge in [0, 0.05) is 5.92 Å². The van der Waals surface area contributed by atoms with Crippen LogP contribution in [0.4, 0.5) is 4.39 Å². The van der Waals surface area contributed by atoms with E-state index in [1.54, 1.807) is 19.1 Å². The maximum absolute atomic E-state index is 13.8. The molecule has 3 fully saturated rings. The highest BCUT2D eigenvalue weighted by Crippen LogP contribution is 2.67. The summed E-state index contributed by atoms with van der Waals surface area (Å²) in [6.45, 7) is 5.63. The van der Waals surface area contributed by atoms with Crippen molar-refractivity contribution in [3.63, 3.8) is 0 Å². The van der Waals surface area contributed by atoms with Crippen LogP contribution in [0, 0.1) is 11.7 Å². The van der Waals surface area contributed by atoms with E-state index in [4.69, 9.17) is 14.2 Å². The molecule has 0 amide bonds. The number of carbonyl (C=O) groups is 2. The van der Waals surface area contributed by atoms with E-state index in [0.29, 0.717) is 18.4 Å². The first-order valence-corrected chi connectivity index (χ1v) is 9.50. The monoisotopic (exact) mass is 426 g/mol. The van der Waals surface area contributed by atoms with Gasteiger partial charge in [-0.15, -0.1) is 0 Å². The quantitative estimate of drug-likeness (QED) is 0.548. The van der Waals surface area contributed by atoms with Crippen LogP contribution in [-0.2, 0) is 29.2 Å². The van der Waals surface area contributed by atoms with Crippen LogP contribution in [0.25, 0.3) is 0 Å². The number of fused-ring (bicyclic) bond motifs is 3. The van der Waals surface area contributed by atoms with Crippen molar-refractivity contribution in [3.05, 3.63) is 34.1 Å². The highest BCUT2D eigenvalue weighted by atomic mass is 79.9. The first-order valence-electron chi connectivity index (χ1n) is 8.71. The second-order valence-electron chi connectivity index (χ2n) is 7.83. The average molecular weight is 427 g/mol. The lowest BCUT2D eigenvalue weighted by Gasteiger charge is -2.46. The number of rotatable bonds is 3. The molecule has 4 unspecified atom stereocenters. The fraction of sp³-hybridized carbons (Fsp3) is 0.579. The molecule has 2 saturated heterocycles. The Hall–Kier alpha value is -1.47. The molecule has 1 saturated carbocycles. The van der Waals surface area contributed by atoms with E-state index in [1.165, 1.54) is 6.07 Å². The van der Waals surface area contributed by atoms with Crippen molar-refractivity contribution in [1.82, 2.24) is 0 Å². The Morgan fingerprint density at radius 3 is 2.77 bits per heavy atom. The fourth-order valence-electron chi connectivity index (χ4n) is 4.70. The number of cyclic esters (lactones) is 1. The summed E-state index contributed by atoms with van der Waals surface area (Å²) in [4.78, 5) is 25.9. The van der Waals surface area contributed by atoms with Gasteiger partial charge >= 0.3 is 11.9 Å². The second-order valence-corrected chi connectivity index (χ2v) is 8.68. The summed E-state index contributed by atoms with van der Waals surface area (Å²) in [6.07, 6.45) is 0.392. The molecule has 1 aromatic rings. The Morgan fingerprint density at radius 1 is 1.38 bits per heavy atom. The van der Waals surface area contributed by atoms with Gasteiger partial charge < -0.3 is 14.2 Å². The molecule has 0 spiro atoms. The summed E-state index contributed by atoms with van der Waals surface area (Å²) in [7, 11) is 0. The lowest BCUT2D eigenvalue weighted by atomic mass is 9.64. The van der Waals surface area contributed by atoms with Gasteiger partial charge in [0.05, 0.1) is 11.1 Å². The largest absolute Gasteiger partial charge is 0.464 e. The standard InChI is InChI=1S/C19H20BrFO5/c1-4-24-16(23)19-13-8-17(2,3)26-15(22)18(13,9-14(19)25-19)10-5-6-12(21)11(20)7-10/h5-7,13-14H,4,8-9H2,1-3H3. The zero-order valence-corrected chi connectivity index (χ0v) is 16.4. The van der Waals surface area contributed by atoms with Crippen molar-refractivity contribution >= 4 is 27.9 Å². The van der Waals surface area contributed by atoms with Gasteiger partial charge in [-0.25, -0.2) is 9.18 Å². The van der Waals surface area contributed by atoms with Crippen molar-refractivity contribution in [1.29, 1.82) is 0 Å². The highest BCUT2D eigenvalue weighted by Gasteiger charge is 2.82. The summed E-state index contributed by atoms with van der Waals surface area (Å²) in [5, 5.41) is 0. The number of carbonyl (C=O) groups excluding carboxylic acids is 2. The maximum atomic E-state index is 13.8. The smallest absolute Gasteiger partial charge is 0.341 e. The van der Waals surface area contributed by atoms with Gasteiger partial charge in [-0.3, -0.25) is 4.79 Å². The van der Waals surface area contributed by atoms with E-state index in [1.807, 2.05) is 13.8 Å². The van der Waals surface area contributed by atoms with E-state index < -0.39 is 46.4 Å². The van der Waals surface area contributed by atoms with Gasteiger partial charge in [0.15, 0.2) is 5.60 Å². The number of ether oxygens (including phenoxy) is 3. The zero-order valence-electron chi connectivity index (χ0n) is 14.8. The molecule has 0 bridgehead atoms. The van der Waals surface area contributed by atoms with Crippen LogP contribution < -0.4 is 0 Å². The van der Waals surface area contributed by atoms with Crippen LogP contribution in [0.15, 0.2) is 22.7 Å². The molecule has 2 aliphatic heterocycles. The molecule has 26 heavy (non-hydrogen) atoms. The molecule has 7 heteroatoms. The van der Waals surface area contributed by atoms with Gasteiger partial charge in [-0.2, -0.15) is 0 Å². The van der Waals surface area contributed by atoms with Crippen LogP contribution in [0.5, 0.6) is 0 Å². The summed E-state index contributed by atoms with van der Waals surface area (Å²) in [5.74, 6) is -1.65. The second kappa shape index (κ2) is 5.52. The fourth-order valence-corrected chi connectivity index (χ4v) is 5.08. The molecule has 1 aliphatic carbocycles. The predicted octanol–water partition coefficient (Wildman–Crippen LogP) is 3.27. The predicted molar refractivity (Wildman–Crippen MR) is 92.9 cm³/mol. The van der Waals surface area contributed by atoms with Gasteiger partial charge in [0.1, 0.15) is 22.9 Å². The van der Waals surface area contributed by atoms with E-state index in [0.717, 1.165) is 0 Å². The highest BCUT2D eigenvalue weighted by molar-refractivity contribution is 9.10. The van der Waals surface area contributed by atoms with Crippen molar-refractivity contribution < 1.29 is 28.2 Å². The molecular weight excluding hydrogens is 407 g/mol. The number of epoxide rings is 1. The summed E-state index contributed by atoms with van der Waals surface area (Å²) in [5.41, 5.74) is -2.24. The molecular formula is C19H20BrFO5. The minimum absolute atomic E-state index is 0.242. The molecule has 2 heterocycles. The van der Waals surface area contributed by atoms with Crippen LogP contribution >= 0.6 is 15.9 Å². The van der Waals surface area contributed by atoms with Crippen molar-refractivity contribution in [2.24, 2.45) is 5.92 Å². The molecule has 0 radical (unpaired) electrons. The van der Waals surface area contributed by atoms with E-state index in [9.17, 15) is 14.0 Å².